The van der Waals surface area contributed by atoms with Crippen molar-refractivity contribution in [1.82, 2.24) is 0 Å². The molecule has 2 aromatic rings. The van der Waals surface area contributed by atoms with Crippen LogP contribution in [0, 0.1) is 0 Å². The van der Waals surface area contributed by atoms with E-state index in [0.29, 0.717) is 18.4 Å². The number of nitrogens with zero attached hydrogens (tertiary/aromatic N) is 1. The molecule has 3 N–H and O–H groups in total. The molecule has 2 rings (SSSR count). The summed E-state index contributed by atoms with van der Waals surface area (Å²) in [7, 11) is 1.64. The maximum atomic E-state index is 5.92. The van der Waals surface area contributed by atoms with E-state index >= 15 is 0 Å². The lowest BCUT2D eigenvalue weighted by atomic mass is 10.0. The fourth-order valence-corrected chi connectivity index (χ4v) is 2.01. The van der Waals surface area contributed by atoms with Crippen LogP contribution in [-0.4, -0.2) is 19.6 Å². The number of hydrogen-bond donors (Lipinski definition) is 2. The van der Waals surface area contributed by atoms with E-state index in [1.54, 1.807) is 7.11 Å². The Hall–Kier alpha value is -2.49. The molecule has 21 heavy (non-hydrogen) atoms. The van der Waals surface area contributed by atoms with Crippen molar-refractivity contribution in [3.63, 3.8) is 0 Å². The number of rotatable bonds is 5. The van der Waals surface area contributed by atoms with E-state index in [2.05, 4.69) is 29.4 Å². The molecule has 2 aromatic carbocycles. The number of ether oxygens (including phenoxy) is 1. The fourth-order valence-electron chi connectivity index (χ4n) is 2.01. The van der Waals surface area contributed by atoms with Crippen LogP contribution in [0.2, 0.25) is 0 Å². The summed E-state index contributed by atoms with van der Waals surface area (Å²) >= 11 is 0. The van der Waals surface area contributed by atoms with Gasteiger partial charge < -0.3 is 15.8 Å². The molecule has 110 valence electrons. The van der Waals surface area contributed by atoms with Gasteiger partial charge in [0.2, 0.25) is 0 Å². The van der Waals surface area contributed by atoms with Gasteiger partial charge in [-0.3, -0.25) is 4.99 Å². The first kappa shape index (κ1) is 14.9. The number of anilines is 1. The molecule has 0 radical (unpaired) electrons. The molecule has 0 saturated carbocycles. The Balaban J connectivity index is 1.95. The van der Waals surface area contributed by atoms with E-state index in [0.717, 1.165) is 11.4 Å². The second-order valence-corrected chi connectivity index (χ2v) is 4.89. The molecule has 0 aliphatic rings. The second-order valence-electron chi connectivity index (χ2n) is 4.89. The summed E-state index contributed by atoms with van der Waals surface area (Å²) in [5.41, 5.74) is 8.05. The molecule has 0 aliphatic carbocycles. The van der Waals surface area contributed by atoms with Gasteiger partial charge in [-0.05, 0) is 17.7 Å². The third kappa shape index (κ3) is 4.53. The molecule has 4 heteroatoms. The molecule has 0 spiro atoms. The van der Waals surface area contributed by atoms with Crippen molar-refractivity contribution >= 4 is 11.6 Å². The first-order chi connectivity index (χ1) is 10.2. The Bertz CT molecular complexity index is 596. The average Bonchev–Trinajstić information content (AvgIpc) is 2.53. The standard InChI is InChI=1S/C17H21N3O/c1-13(14-7-4-3-5-8-14)12-19-17(18)20-15-9-6-10-16(11-15)21-2/h3-11,13H,12H2,1-2H3,(H3,18,19,20). The van der Waals surface area contributed by atoms with Crippen molar-refractivity contribution < 1.29 is 4.74 Å². The van der Waals surface area contributed by atoms with Crippen LogP contribution in [0.4, 0.5) is 5.69 Å². The Morgan fingerprint density at radius 1 is 1.19 bits per heavy atom. The molecular formula is C17H21N3O. The van der Waals surface area contributed by atoms with Gasteiger partial charge in [0.15, 0.2) is 5.96 Å². The molecule has 1 unspecified atom stereocenters. The fraction of sp³-hybridized carbons (Fsp3) is 0.235. The summed E-state index contributed by atoms with van der Waals surface area (Å²) < 4.78 is 5.17. The Morgan fingerprint density at radius 2 is 1.95 bits per heavy atom. The molecule has 1 atom stereocenters. The quantitative estimate of drug-likeness (QED) is 0.654. The van der Waals surface area contributed by atoms with Crippen molar-refractivity contribution in [1.29, 1.82) is 0 Å². The topological polar surface area (TPSA) is 59.6 Å². The van der Waals surface area contributed by atoms with Gasteiger partial charge in [-0.25, -0.2) is 0 Å². The molecule has 0 fully saturated rings. The van der Waals surface area contributed by atoms with Crippen LogP contribution in [0.3, 0.4) is 0 Å². The number of guanidine groups is 1. The van der Waals surface area contributed by atoms with Gasteiger partial charge in [0, 0.05) is 24.2 Å². The van der Waals surface area contributed by atoms with Crippen LogP contribution in [0.15, 0.2) is 59.6 Å². The highest BCUT2D eigenvalue weighted by molar-refractivity contribution is 5.92. The normalized spacial score (nSPS) is 12.8. The largest absolute Gasteiger partial charge is 0.497 e. The first-order valence-corrected chi connectivity index (χ1v) is 6.95. The van der Waals surface area contributed by atoms with Crippen LogP contribution in [0.25, 0.3) is 0 Å². The minimum absolute atomic E-state index is 0.330. The van der Waals surface area contributed by atoms with Crippen LogP contribution >= 0.6 is 0 Å². The first-order valence-electron chi connectivity index (χ1n) is 6.95. The number of benzene rings is 2. The third-order valence-corrected chi connectivity index (χ3v) is 3.25. The van der Waals surface area contributed by atoms with Gasteiger partial charge in [0.1, 0.15) is 5.75 Å². The highest BCUT2D eigenvalue weighted by Crippen LogP contribution is 2.17. The SMILES string of the molecule is COc1cccc(NC(N)=NCC(C)c2ccccc2)c1. The zero-order valence-corrected chi connectivity index (χ0v) is 12.4. The van der Waals surface area contributed by atoms with Crippen molar-refractivity contribution in [2.75, 3.05) is 19.0 Å². The van der Waals surface area contributed by atoms with E-state index in [-0.39, 0.29) is 0 Å². The number of methoxy groups -OCH3 is 1. The summed E-state index contributed by atoms with van der Waals surface area (Å²) in [6, 6.07) is 17.9. The molecule has 0 saturated heterocycles. The lowest BCUT2D eigenvalue weighted by molar-refractivity contribution is 0.415. The summed E-state index contributed by atoms with van der Waals surface area (Å²) in [6.07, 6.45) is 0. The highest BCUT2D eigenvalue weighted by Gasteiger charge is 2.04. The summed E-state index contributed by atoms with van der Waals surface area (Å²) in [5.74, 6) is 1.52. The zero-order valence-electron chi connectivity index (χ0n) is 12.4. The second kappa shape index (κ2) is 7.33. The Labute approximate surface area is 125 Å². The maximum absolute atomic E-state index is 5.92. The summed E-state index contributed by atoms with van der Waals surface area (Å²) in [6.45, 7) is 2.78. The lowest BCUT2D eigenvalue weighted by Crippen LogP contribution is -2.23. The predicted molar refractivity (Wildman–Crippen MR) is 88.0 cm³/mol. The minimum Gasteiger partial charge on any atom is -0.497 e. The van der Waals surface area contributed by atoms with Crippen LogP contribution in [-0.2, 0) is 0 Å². The lowest BCUT2D eigenvalue weighted by Gasteiger charge is -2.11. The van der Waals surface area contributed by atoms with Crippen molar-refractivity contribution in [3.8, 4) is 5.75 Å². The van der Waals surface area contributed by atoms with E-state index in [1.807, 2.05) is 42.5 Å². The molecule has 0 heterocycles. The highest BCUT2D eigenvalue weighted by atomic mass is 16.5. The van der Waals surface area contributed by atoms with Crippen molar-refractivity contribution in [2.45, 2.75) is 12.8 Å². The van der Waals surface area contributed by atoms with Gasteiger partial charge >= 0.3 is 0 Å². The van der Waals surface area contributed by atoms with E-state index in [1.165, 1.54) is 5.56 Å². The molecular weight excluding hydrogens is 262 g/mol. The van der Waals surface area contributed by atoms with Gasteiger partial charge in [0.05, 0.1) is 7.11 Å². The summed E-state index contributed by atoms with van der Waals surface area (Å²) in [5, 5.41) is 3.07. The number of nitrogens with two attached hydrogens (primary N) is 1. The summed E-state index contributed by atoms with van der Waals surface area (Å²) in [4.78, 5) is 4.39. The van der Waals surface area contributed by atoms with Gasteiger partial charge in [-0.2, -0.15) is 0 Å². The minimum atomic E-state index is 0.330. The Kier molecular flexibility index (Phi) is 5.21. The van der Waals surface area contributed by atoms with Gasteiger partial charge in [-0.15, -0.1) is 0 Å². The number of nitrogens with one attached hydrogen (secondary N) is 1. The molecule has 4 nitrogen and oxygen atoms in total. The smallest absolute Gasteiger partial charge is 0.193 e. The van der Waals surface area contributed by atoms with Crippen molar-refractivity contribution in [3.05, 3.63) is 60.2 Å². The van der Waals surface area contributed by atoms with Crippen LogP contribution in [0.5, 0.6) is 5.75 Å². The monoisotopic (exact) mass is 283 g/mol. The zero-order chi connectivity index (χ0) is 15.1. The van der Waals surface area contributed by atoms with E-state index in [4.69, 9.17) is 10.5 Å². The number of hydrogen-bond acceptors (Lipinski definition) is 2. The van der Waals surface area contributed by atoms with E-state index in [9.17, 15) is 0 Å². The van der Waals surface area contributed by atoms with Crippen molar-refractivity contribution in [2.24, 2.45) is 10.7 Å². The van der Waals surface area contributed by atoms with Crippen LogP contribution in [0.1, 0.15) is 18.4 Å². The predicted octanol–water partition coefficient (Wildman–Crippen LogP) is 3.23. The number of aliphatic imine (C=N–C) groups is 1. The molecule has 0 aromatic heterocycles. The molecule has 0 bridgehead atoms. The average molecular weight is 283 g/mol. The maximum Gasteiger partial charge on any atom is 0.193 e. The third-order valence-electron chi connectivity index (χ3n) is 3.25. The molecule has 0 amide bonds. The molecule has 0 aliphatic heterocycles. The van der Waals surface area contributed by atoms with Crippen LogP contribution < -0.4 is 15.8 Å². The van der Waals surface area contributed by atoms with Gasteiger partial charge in [0.25, 0.3) is 0 Å². The Morgan fingerprint density at radius 3 is 2.67 bits per heavy atom. The van der Waals surface area contributed by atoms with E-state index < -0.39 is 0 Å². The van der Waals surface area contributed by atoms with Gasteiger partial charge in [-0.1, -0.05) is 43.3 Å².